The topological polar surface area (TPSA) is 65.6 Å². The number of aromatic nitrogens is 1. The highest BCUT2D eigenvalue weighted by atomic mass is 16.5. The van der Waals surface area contributed by atoms with Crippen LogP contribution in [0.15, 0.2) is 79.0 Å². The van der Waals surface area contributed by atoms with Gasteiger partial charge in [0.05, 0.1) is 6.61 Å². The van der Waals surface area contributed by atoms with E-state index in [1.807, 2.05) is 66.6 Å². The second-order valence-corrected chi connectivity index (χ2v) is 11.3. The predicted molar refractivity (Wildman–Crippen MR) is 169 cm³/mol. The van der Waals surface area contributed by atoms with Crippen LogP contribution in [0.4, 0.5) is 0 Å². The molecule has 4 aromatic rings. The summed E-state index contributed by atoms with van der Waals surface area (Å²) in [4.78, 5) is 34.6. The number of aryl methyl sites for hydroxylation is 1. The number of carbonyl (C=O) groups is 2. The van der Waals surface area contributed by atoms with Gasteiger partial charge in [0.25, 0.3) is 5.91 Å². The molecule has 1 saturated carbocycles. The molecule has 220 valence electrons. The zero-order chi connectivity index (χ0) is 29.3. The fourth-order valence-corrected chi connectivity index (χ4v) is 5.52. The van der Waals surface area contributed by atoms with E-state index in [1.165, 1.54) is 29.4 Å². The van der Waals surface area contributed by atoms with Crippen LogP contribution in [-0.2, 0) is 24.2 Å². The van der Waals surface area contributed by atoms with Crippen molar-refractivity contribution < 1.29 is 14.3 Å². The summed E-state index contributed by atoms with van der Waals surface area (Å²) in [6.07, 6.45) is 9.26. The van der Waals surface area contributed by atoms with E-state index < -0.39 is 0 Å². The summed E-state index contributed by atoms with van der Waals surface area (Å²) in [6, 6.07) is 24.3. The van der Waals surface area contributed by atoms with Crippen LogP contribution >= 0.6 is 0 Å². The summed E-state index contributed by atoms with van der Waals surface area (Å²) in [5.74, 6) is 0.739. The molecule has 0 atom stereocenters. The van der Waals surface area contributed by atoms with Crippen LogP contribution in [0.2, 0.25) is 0 Å². The maximum absolute atomic E-state index is 13.9. The van der Waals surface area contributed by atoms with Gasteiger partial charge in [-0.1, -0.05) is 62.2 Å². The highest BCUT2D eigenvalue weighted by Gasteiger charge is 2.35. The van der Waals surface area contributed by atoms with Gasteiger partial charge in [-0.05, 0) is 86.1 Å². The minimum atomic E-state index is -0.0522. The number of nitrogens with zero attached hydrogens (tertiary/aromatic N) is 2. The number of hydrogen-bond acceptors (Lipinski definition) is 3. The average Bonchev–Trinajstić information content (AvgIpc) is 3.78. The fraction of sp³-hybridized carbons (Fsp3) is 0.389. The van der Waals surface area contributed by atoms with Crippen LogP contribution < -0.4 is 4.74 Å². The van der Waals surface area contributed by atoms with Crippen molar-refractivity contribution in [3.63, 3.8) is 0 Å². The molecule has 0 saturated heterocycles. The van der Waals surface area contributed by atoms with E-state index in [0.717, 1.165) is 48.9 Å². The molecule has 42 heavy (non-hydrogen) atoms. The molecule has 0 bridgehead atoms. The molecule has 0 spiro atoms. The average molecular weight is 566 g/mol. The number of fused-ring (bicyclic) bond motifs is 1. The van der Waals surface area contributed by atoms with Gasteiger partial charge in [-0.15, -0.1) is 0 Å². The normalized spacial score (nSPS) is 12.8. The third-order valence-corrected chi connectivity index (χ3v) is 8.11. The van der Waals surface area contributed by atoms with Crippen molar-refractivity contribution in [2.24, 2.45) is 0 Å². The number of H-pyrrole nitrogens is 1. The van der Waals surface area contributed by atoms with Crippen LogP contribution in [0.5, 0.6) is 5.75 Å². The molecule has 1 aliphatic carbocycles. The lowest BCUT2D eigenvalue weighted by atomic mass is 10.0. The number of nitrogens with one attached hydrogen (secondary N) is 1. The summed E-state index contributed by atoms with van der Waals surface area (Å²) in [5.41, 5.74) is 5.23. The minimum absolute atomic E-state index is 0.0276. The Morgan fingerprint density at radius 3 is 2.33 bits per heavy atom. The lowest BCUT2D eigenvalue weighted by Gasteiger charge is -2.28. The van der Waals surface area contributed by atoms with E-state index in [0.29, 0.717) is 25.3 Å². The van der Waals surface area contributed by atoms with Crippen molar-refractivity contribution in [1.82, 2.24) is 14.8 Å². The minimum Gasteiger partial charge on any atom is -0.494 e. The van der Waals surface area contributed by atoms with Crippen LogP contribution in [0.1, 0.15) is 73.0 Å². The van der Waals surface area contributed by atoms with Gasteiger partial charge in [-0.2, -0.15) is 0 Å². The van der Waals surface area contributed by atoms with E-state index in [9.17, 15) is 9.59 Å². The summed E-state index contributed by atoms with van der Waals surface area (Å²) in [7, 11) is 0. The molecule has 6 nitrogen and oxygen atoms in total. The van der Waals surface area contributed by atoms with Gasteiger partial charge in [0.1, 0.15) is 12.3 Å². The summed E-state index contributed by atoms with van der Waals surface area (Å²) in [5, 5.41) is 1.18. The van der Waals surface area contributed by atoms with E-state index >= 15 is 0 Å². The van der Waals surface area contributed by atoms with Crippen molar-refractivity contribution in [3.8, 4) is 5.75 Å². The molecule has 0 aliphatic heterocycles. The number of para-hydroxylation sites is 1. The van der Waals surface area contributed by atoms with Crippen molar-refractivity contribution in [2.45, 2.75) is 71.4 Å². The monoisotopic (exact) mass is 565 g/mol. The van der Waals surface area contributed by atoms with Crippen LogP contribution in [0.25, 0.3) is 10.9 Å². The first kappa shape index (κ1) is 29.4. The lowest BCUT2D eigenvalue weighted by molar-refractivity contribution is -0.132. The Morgan fingerprint density at radius 2 is 1.62 bits per heavy atom. The third-order valence-electron chi connectivity index (χ3n) is 8.11. The van der Waals surface area contributed by atoms with E-state index in [2.05, 4.69) is 36.2 Å². The highest BCUT2D eigenvalue weighted by molar-refractivity contribution is 5.97. The smallest absolute Gasteiger partial charge is 0.254 e. The molecule has 1 aromatic heterocycles. The number of carbonyl (C=O) groups excluding carboxylic acids is 2. The molecule has 0 radical (unpaired) electrons. The molecular weight excluding hydrogens is 522 g/mol. The second kappa shape index (κ2) is 14.2. The zero-order valence-electron chi connectivity index (χ0n) is 25.0. The first-order valence-electron chi connectivity index (χ1n) is 15.5. The maximum atomic E-state index is 13.9. The molecule has 1 N–H and O–H groups in total. The van der Waals surface area contributed by atoms with Crippen molar-refractivity contribution >= 4 is 22.7 Å². The van der Waals surface area contributed by atoms with Gasteiger partial charge in [0.15, 0.2) is 0 Å². The number of benzene rings is 3. The number of hydrogen-bond donors (Lipinski definition) is 1. The number of amides is 2. The second-order valence-electron chi connectivity index (χ2n) is 11.3. The van der Waals surface area contributed by atoms with Gasteiger partial charge in [-0.3, -0.25) is 9.59 Å². The van der Waals surface area contributed by atoms with E-state index in [-0.39, 0.29) is 24.4 Å². The zero-order valence-corrected chi connectivity index (χ0v) is 25.0. The van der Waals surface area contributed by atoms with Gasteiger partial charge < -0.3 is 19.5 Å². The van der Waals surface area contributed by atoms with E-state index in [1.54, 1.807) is 4.90 Å². The molecule has 1 aliphatic rings. The standard InChI is InChI=1S/C36H43N3O3/c1-3-5-6-9-27-12-16-29(17-13-27)36(41)39(31-18-19-31)26-35(40)38(25-28-14-20-32(21-15-28)42-4-2)23-22-30-24-37-34-11-8-7-10-33(30)34/h7-8,10-17,20-21,24,31,37H,3-6,9,18-19,22-23,25-26H2,1-2H3. The molecule has 5 rings (SSSR count). The Bertz CT molecular complexity index is 1450. The van der Waals surface area contributed by atoms with Crippen molar-refractivity contribution in [1.29, 1.82) is 0 Å². The van der Waals surface area contributed by atoms with Gasteiger partial charge in [0.2, 0.25) is 5.91 Å². The molecule has 1 heterocycles. The largest absolute Gasteiger partial charge is 0.494 e. The SMILES string of the molecule is CCCCCc1ccc(C(=O)N(CC(=O)N(CCc2c[nH]c3ccccc23)Cc2ccc(OCC)cc2)C2CC2)cc1. The van der Waals surface area contributed by atoms with Gasteiger partial charge in [0, 0.05) is 41.8 Å². The molecule has 3 aromatic carbocycles. The predicted octanol–water partition coefficient (Wildman–Crippen LogP) is 7.18. The lowest BCUT2D eigenvalue weighted by Crippen LogP contribution is -2.44. The van der Waals surface area contributed by atoms with Crippen LogP contribution in [-0.4, -0.2) is 52.3 Å². The van der Waals surface area contributed by atoms with Crippen LogP contribution in [0, 0.1) is 0 Å². The number of ether oxygens (including phenoxy) is 1. The Balaban J connectivity index is 1.30. The Morgan fingerprint density at radius 1 is 0.881 bits per heavy atom. The number of unbranched alkanes of at least 4 members (excludes halogenated alkanes) is 2. The maximum Gasteiger partial charge on any atom is 0.254 e. The molecule has 6 heteroatoms. The number of rotatable bonds is 15. The Labute approximate surface area is 249 Å². The molecule has 0 unspecified atom stereocenters. The first-order chi connectivity index (χ1) is 20.6. The van der Waals surface area contributed by atoms with E-state index in [4.69, 9.17) is 4.74 Å². The quantitative estimate of drug-likeness (QED) is 0.155. The van der Waals surface area contributed by atoms with Crippen molar-refractivity contribution in [3.05, 3.63) is 101 Å². The molecule has 2 amide bonds. The Hall–Kier alpha value is -4.06. The highest BCUT2D eigenvalue weighted by Crippen LogP contribution is 2.29. The van der Waals surface area contributed by atoms with Gasteiger partial charge >= 0.3 is 0 Å². The summed E-state index contributed by atoms with van der Waals surface area (Å²) >= 11 is 0. The summed E-state index contributed by atoms with van der Waals surface area (Å²) < 4.78 is 5.61. The van der Waals surface area contributed by atoms with Crippen molar-refractivity contribution in [2.75, 3.05) is 19.7 Å². The van der Waals surface area contributed by atoms with Gasteiger partial charge in [-0.25, -0.2) is 0 Å². The fourth-order valence-electron chi connectivity index (χ4n) is 5.52. The molecular formula is C36H43N3O3. The first-order valence-corrected chi connectivity index (χ1v) is 15.5. The third kappa shape index (κ3) is 7.61. The molecule has 1 fully saturated rings. The Kier molecular flexibility index (Phi) is 9.96. The number of aromatic amines is 1. The summed E-state index contributed by atoms with van der Waals surface area (Å²) in [6.45, 7) is 5.92. The van der Waals surface area contributed by atoms with Crippen LogP contribution in [0.3, 0.4) is 0 Å².